The molecule has 3 aromatic heterocycles. The second-order valence-corrected chi connectivity index (χ2v) is 16.5. The van der Waals surface area contributed by atoms with Gasteiger partial charge in [0.1, 0.15) is 34.1 Å². The number of aromatic nitrogens is 2. The number of rotatable bonds is 8. The number of carbonyl (C=O) groups excluding carboxylic acids is 1. The Morgan fingerprint density at radius 3 is 2.63 bits per heavy atom. The number of piperazine rings is 1. The van der Waals surface area contributed by atoms with Gasteiger partial charge in [0.15, 0.2) is 0 Å². The molecule has 10 heteroatoms. The normalized spacial score (nSPS) is 16.6. The van der Waals surface area contributed by atoms with Crippen molar-refractivity contribution in [1.82, 2.24) is 14.9 Å². The molecule has 0 atom stereocenters. The molecule has 4 heterocycles. The number of pyridine rings is 1. The molecule has 1 aliphatic carbocycles. The number of H-pyrrole nitrogens is 1. The molecule has 0 saturated carbocycles. The number of allylic oxidation sites excluding steroid dienone is 1. The van der Waals surface area contributed by atoms with E-state index in [1.807, 2.05) is 51.2 Å². The molecule has 0 spiro atoms. The zero-order chi connectivity index (χ0) is 36.6. The van der Waals surface area contributed by atoms with Crippen LogP contribution in [0.4, 0.5) is 10.1 Å². The van der Waals surface area contributed by atoms with E-state index in [9.17, 15) is 14.4 Å². The van der Waals surface area contributed by atoms with Crippen LogP contribution >= 0.6 is 11.3 Å². The minimum atomic E-state index is -0.645. The maximum Gasteiger partial charge on any atom is 0.342 e. The van der Waals surface area contributed by atoms with Gasteiger partial charge in [-0.2, -0.15) is 5.26 Å². The molecule has 1 aliphatic heterocycles. The van der Waals surface area contributed by atoms with Crippen molar-refractivity contribution >= 4 is 39.6 Å². The van der Waals surface area contributed by atoms with Crippen LogP contribution in [0.1, 0.15) is 74.7 Å². The van der Waals surface area contributed by atoms with Crippen LogP contribution in [-0.4, -0.2) is 59.2 Å². The fraction of sp³-hybridized carbons (Fsp3) is 0.357. The smallest absolute Gasteiger partial charge is 0.342 e. The van der Waals surface area contributed by atoms with Gasteiger partial charge in [-0.15, -0.1) is 11.3 Å². The summed E-state index contributed by atoms with van der Waals surface area (Å²) >= 11 is 1.70. The predicted octanol–water partition coefficient (Wildman–Crippen LogP) is 9.84. The summed E-state index contributed by atoms with van der Waals surface area (Å²) in [6.07, 6.45) is 6.67. The van der Waals surface area contributed by atoms with Crippen molar-refractivity contribution in [2.24, 2.45) is 5.41 Å². The first-order chi connectivity index (χ1) is 24.8. The highest BCUT2D eigenvalue weighted by Gasteiger charge is 2.30. The third kappa shape index (κ3) is 8.06. The highest BCUT2D eigenvalue weighted by atomic mass is 32.1. The molecular weight excluding hydrogens is 674 g/mol. The van der Waals surface area contributed by atoms with Crippen LogP contribution in [0.15, 0.2) is 77.9 Å². The molecule has 0 unspecified atom stereocenters. The van der Waals surface area contributed by atoms with Gasteiger partial charge in [-0.25, -0.2) is 14.2 Å². The number of nitriles is 1. The third-order valence-corrected chi connectivity index (χ3v) is 10.8. The number of anilines is 1. The van der Waals surface area contributed by atoms with Crippen LogP contribution in [0, 0.1) is 22.6 Å². The molecular formula is C42H44FN5O3S. The monoisotopic (exact) mass is 717 g/mol. The van der Waals surface area contributed by atoms with Crippen molar-refractivity contribution < 1.29 is 18.7 Å². The fourth-order valence-corrected chi connectivity index (χ4v) is 8.08. The van der Waals surface area contributed by atoms with Crippen LogP contribution in [0.5, 0.6) is 11.5 Å². The summed E-state index contributed by atoms with van der Waals surface area (Å²) in [6, 6.07) is 18.3. The Morgan fingerprint density at radius 1 is 1.06 bits per heavy atom. The van der Waals surface area contributed by atoms with Gasteiger partial charge in [-0.3, -0.25) is 4.90 Å². The zero-order valence-electron chi connectivity index (χ0n) is 30.4. The Kier molecular flexibility index (Phi) is 9.68. The van der Waals surface area contributed by atoms with Gasteiger partial charge in [0.2, 0.25) is 0 Å². The zero-order valence-corrected chi connectivity index (χ0v) is 31.2. The van der Waals surface area contributed by atoms with E-state index in [4.69, 9.17) is 9.47 Å². The van der Waals surface area contributed by atoms with Crippen molar-refractivity contribution in [2.45, 2.75) is 59.5 Å². The van der Waals surface area contributed by atoms with Crippen LogP contribution < -0.4 is 9.64 Å². The Labute approximate surface area is 308 Å². The molecule has 7 rings (SSSR count). The fourth-order valence-electron chi connectivity index (χ4n) is 7.07. The average molecular weight is 718 g/mol. The van der Waals surface area contributed by atoms with Crippen LogP contribution in [-0.2, 0) is 4.74 Å². The van der Waals surface area contributed by atoms with E-state index in [0.29, 0.717) is 22.6 Å². The number of fused-ring (bicyclic) bond motifs is 1. The predicted molar refractivity (Wildman–Crippen MR) is 205 cm³/mol. The number of esters is 1. The summed E-state index contributed by atoms with van der Waals surface area (Å²) in [5.41, 5.74) is 6.56. The molecule has 0 bridgehead atoms. The van der Waals surface area contributed by atoms with Gasteiger partial charge in [0.25, 0.3) is 0 Å². The highest BCUT2D eigenvalue weighted by molar-refractivity contribution is 7.11. The minimum absolute atomic E-state index is 0.198. The van der Waals surface area contributed by atoms with Gasteiger partial charge in [0, 0.05) is 60.9 Å². The van der Waals surface area contributed by atoms with Crippen molar-refractivity contribution in [3.8, 4) is 28.7 Å². The topological polar surface area (TPSA) is 94.5 Å². The SMILES string of the molecule is CC1(C)CCC(CN2CCN(c3ccc(C(=O)OC(C)(C)C)c(Oc4cnc5[nH]ccc5c4)c3)CC2)=C(c2cc(-c3cc(F)cc(C#N)c3)cs2)C1. The minimum Gasteiger partial charge on any atom is -0.456 e. The van der Waals surface area contributed by atoms with E-state index < -0.39 is 17.4 Å². The van der Waals surface area contributed by atoms with Gasteiger partial charge in [0.05, 0.1) is 17.8 Å². The van der Waals surface area contributed by atoms with Crippen molar-refractivity contribution in [3.63, 3.8) is 0 Å². The quantitative estimate of drug-likeness (QED) is 0.160. The number of nitrogens with zero attached hydrogens (tertiary/aromatic N) is 4. The van der Waals surface area contributed by atoms with Crippen molar-refractivity contribution in [1.29, 1.82) is 5.26 Å². The van der Waals surface area contributed by atoms with E-state index in [1.165, 1.54) is 28.2 Å². The lowest BCUT2D eigenvalue weighted by Crippen LogP contribution is -2.47. The number of thiophene rings is 1. The largest absolute Gasteiger partial charge is 0.456 e. The molecule has 2 aromatic carbocycles. The Balaban J connectivity index is 1.09. The highest BCUT2D eigenvalue weighted by Crippen LogP contribution is 2.45. The molecule has 1 N–H and O–H groups in total. The second kappa shape index (κ2) is 14.2. The Hall–Kier alpha value is -4.98. The van der Waals surface area contributed by atoms with Gasteiger partial charge >= 0.3 is 5.97 Å². The van der Waals surface area contributed by atoms with Crippen LogP contribution in [0.25, 0.3) is 27.7 Å². The summed E-state index contributed by atoms with van der Waals surface area (Å²) < 4.78 is 26.4. The van der Waals surface area contributed by atoms with E-state index in [1.54, 1.807) is 29.7 Å². The van der Waals surface area contributed by atoms with Crippen LogP contribution in [0.3, 0.4) is 0 Å². The van der Waals surface area contributed by atoms with E-state index >= 15 is 0 Å². The lowest BCUT2D eigenvalue weighted by Gasteiger charge is -2.39. The number of halogens is 1. The summed E-state index contributed by atoms with van der Waals surface area (Å²) in [4.78, 5) is 26.9. The van der Waals surface area contributed by atoms with Crippen molar-refractivity contribution in [3.05, 3.63) is 99.8 Å². The van der Waals surface area contributed by atoms with Gasteiger partial charge in [-0.05, 0) is 116 Å². The van der Waals surface area contributed by atoms with E-state index in [0.717, 1.165) is 79.8 Å². The molecule has 0 amide bonds. The summed E-state index contributed by atoms with van der Waals surface area (Å²) in [5, 5.41) is 12.4. The van der Waals surface area contributed by atoms with E-state index in [2.05, 4.69) is 51.1 Å². The summed E-state index contributed by atoms with van der Waals surface area (Å²) in [6.45, 7) is 14.6. The Morgan fingerprint density at radius 2 is 1.87 bits per heavy atom. The number of ether oxygens (including phenoxy) is 2. The number of hydrogen-bond acceptors (Lipinski definition) is 8. The molecule has 52 heavy (non-hydrogen) atoms. The second-order valence-electron chi connectivity index (χ2n) is 15.6. The molecule has 5 aromatic rings. The average Bonchev–Trinajstić information content (AvgIpc) is 3.79. The lowest BCUT2D eigenvalue weighted by atomic mass is 9.73. The number of aromatic amines is 1. The maximum absolute atomic E-state index is 14.3. The number of carbonyl (C=O) groups is 1. The first-order valence-electron chi connectivity index (χ1n) is 17.8. The number of hydrogen-bond donors (Lipinski definition) is 1. The number of nitrogens with one attached hydrogen (secondary N) is 1. The van der Waals surface area contributed by atoms with Crippen LogP contribution in [0.2, 0.25) is 0 Å². The van der Waals surface area contributed by atoms with Crippen molar-refractivity contribution in [2.75, 3.05) is 37.6 Å². The van der Waals surface area contributed by atoms with Gasteiger partial charge < -0.3 is 19.4 Å². The molecule has 1 fully saturated rings. The Bertz CT molecular complexity index is 2200. The summed E-state index contributed by atoms with van der Waals surface area (Å²) in [7, 11) is 0. The molecule has 1 saturated heterocycles. The molecule has 2 aliphatic rings. The molecule has 0 radical (unpaired) electrons. The first-order valence-corrected chi connectivity index (χ1v) is 18.7. The van der Waals surface area contributed by atoms with Gasteiger partial charge in [-0.1, -0.05) is 19.4 Å². The molecule has 8 nitrogen and oxygen atoms in total. The lowest BCUT2D eigenvalue weighted by molar-refractivity contribution is 0.00671. The standard InChI is InChI=1S/C42H44FN5O3S/c1-41(2,3)51-40(49)35-7-6-33(21-37(35)50-34-19-28-9-11-45-39(28)46-24-34)48-14-12-47(13-15-48)25-29-8-10-42(4,5)22-36(29)38-20-31(26-52-38)30-16-27(23-44)17-32(43)18-30/h6-7,9,11,16-21,24,26H,8,10,12-15,22,25H2,1-5H3,(H,45,46). The third-order valence-electron chi connectivity index (χ3n) is 9.78. The first kappa shape index (κ1) is 35.4. The number of benzene rings is 2. The molecule has 268 valence electrons. The van der Waals surface area contributed by atoms with E-state index in [-0.39, 0.29) is 5.41 Å². The maximum atomic E-state index is 14.3. The summed E-state index contributed by atoms with van der Waals surface area (Å²) in [5.74, 6) is 0.145.